The van der Waals surface area contributed by atoms with Crippen molar-refractivity contribution in [3.8, 4) is 0 Å². The van der Waals surface area contributed by atoms with Gasteiger partial charge in [-0.25, -0.2) is 0 Å². The second-order valence-electron chi connectivity index (χ2n) is 5.03. The first kappa shape index (κ1) is 12.7. The molecule has 1 saturated carbocycles. The van der Waals surface area contributed by atoms with E-state index in [2.05, 4.69) is 35.1 Å². The summed E-state index contributed by atoms with van der Waals surface area (Å²) in [6.07, 6.45) is 5.75. The number of rotatable bonds is 5. The van der Waals surface area contributed by atoms with Gasteiger partial charge >= 0.3 is 0 Å². The van der Waals surface area contributed by atoms with Crippen LogP contribution in [0, 0.1) is 5.92 Å². The number of aromatic nitrogens is 1. The quantitative estimate of drug-likeness (QED) is 0.888. The van der Waals surface area contributed by atoms with Crippen molar-refractivity contribution >= 4 is 21.8 Å². The van der Waals surface area contributed by atoms with Crippen LogP contribution in [0.1, 0.15) is 49.6 Å². The summed E-state index contributed by atoms with van der Waals surface area (Å²) >= 11 is 3.42. The standard InChI is InChI=1S/C13H19BrN2O/c1-9(2)16-8-11(14)7-12(16)13(17)15-6-5-10-3-4-10/h7-10H,3-6H2,1-2H3,(H,15,17). The fourth-order valence-electron chi connectivity index (χ4n) is 1.94. The minimum Gasteiger partial charge on any atom is -0.351 e. The first-order valence-electron chi connectivity index (χ1n) is 6.23. The molecule has 0 aromatic carbocycles. The lowest BCUT2D eigenvalue weighted by Gasteiger charge is -2.12. The maximum atomic E-state index is 12.0. The normalized spacial score (nSPS) is 15.3. The van der Waals surface area contributed by atoms with E-state index in [4.69, 9.17) is 0 Å². The summed E-state index contributed by atoms with van der Waals surface area (Å²) in [6.45, 7) is 4.95. The van der Waals surface area contributed by atoms with Crippen LogP contribution in [0.15, 0.2) is 16.7 Å². The Morgan fingerprint density at radius 1 is 1.59 bits per heavy atom. The van der Waals surface area contributed by atoms with E-state index in [9.17, 15) is 4.79 Å². The molecule has 1 aromatic rings. The highest BCUT2D eigenvalue weighted by molar-refractivity contribution is 9.10. The van der Waals surface area contributed by atoms with Crippen molar-refractivity contribution in [2.75, 3.05) is 6.54 Å². The summed E-state index contributed by atoms with van der Waals surface area (Å²) in [7, 11) is 0. The Hall–Kier alpha value is -0.770. The zero-order valence-electron chi connectivity index (χ0n) is 10.4. The molecule has 1 aliphatic carbocycles. The lowest BCUT2D eigenvalue weighted by Crippen LogP contribution is -2.27. The molecule has 94 valence electrons. The molecule has 0 radical (unpaired) electrons. The number of amides is 1. The molecular formula is C13H19BrN2O. The third kappa shape index (κ3) is 3.35. The van der Waals surface area contributed by atoms with Crippen molar-refractivity contribution < 1.29 is 4.79 Å². The van der Waals surface area contributed by atoms with E-state index in [1.807, 2.05) is 16.8 Å². The predicted octanol–water partition coefficient (Wildman–Crippen LogP) is 3.36. The van der Waals surface area contributed by atoms with Crippen LogP contribution in [-0.2, 0) is 0 Å². The maximum absolute atomic E-state index is 12.0. The Kier molecular flexibility index (Phi) is 3.92. The maximum Gasteiger partial charge on any atom is 0.267 e. The molecule has 1 aliphatic rings. The fraction of sp³-hybridized carbons (Fsp3) is 0.615. The predicted molar refractivity (Wildman–Crippen MR) is 72.2 cm³/mol. The molecule has 1 fully saturated rings. The van der Waals surface area contributed by atoms with Gasteiger partial charge in [0.05, 0.1) is 0 Å². The van der Waals surface area contributed by atoms with Crippen LogP contribution < -0.4 is 5.32 Å². The SMILES string of the molecule is CC(C)n1cc(Br)cc1C(=O)NCCC1CC1. The first-order chi connectivity index (χ1) is 8.08. The fourth-order valence-corrected chi connectivity index (χ4v) is 2.38. The molecule has 1 amide bonds. The zero-order chi connectivity index (χ0) is 12.4. The zero-order valence-corrected chi connectivity index (χ0v) is 12.0. The van der Waals surface area contributed by atoms with Crippen molar-refractivity contribution in [2.24, 2.45) is 5.92 Å². The average molecular weight is 299 g/mol. The molecule has 1 heterocycles. The van der Waals surface area contributed by atoms with E-state index in [1.54, 1.807) is 0 Å². The van der Waals surface area contributed by atoms with Crippen molar-refractivity contribution in [3.63, 3.8) is 0 Å². The summed E-state index contributed by atoms with van der Waals surface area (Å²) < 4.78 is 2.95. The summed E-state index contributed by atoms with van der Waals surface area (Å²) in [5, 5.41) is 3.00. The lowest BCUT2D eigenvalue weighted by molar-refractivity contribution is 0.0942. The van der Waals surface area contributed by atoms with Crippen molar-refractivity contribution in [2.45, 2.75) is 39.2 Å². The van der Waals surface area contributed by atoms with E-state index in [0.29, 0.717) is 6.04 Å². The number of carbonyl (C=O) groups is 1. The molecule has 3 nitrogen and oxygen atoms in total. The average Bonchev–Trinajstić information content (AvgIpc) is 2.99. The number of halogens is 1. The highest BCUT2D eigenvalue weighted by atomic mass is 79.9. The van der Waals surface area contributed by atoms with Crippen LogP contribution in [-0.4, -0.2) is 17.0 Å². The van der Waals surface area contributed by atoms with Gasteiger partial charge in [0.15, 0.2) is 0 Å². The number of hydrogen-bond acceptors (Lipinski definition) is 1. The van der Waals surface area contributed by atoms with Gasteiger partial charge in [-0.15, -0.1) is 0 Å². The van der Waals surface area contributed by atoms with E-state index in [-0.39, 0.29) is 5.91 Å². The molecule has 1 N–H and O–H groups in total. The van der Waals surface area contributed by atoms with E-state index >= 15 is 0 Å². The summed E-state index contributed by atoms with van der Waals surface area (Å²) in [5.74, 6) is 0.893. The number of carbonyl (C=O) groups excluding carboxylic acids is 1. The smallest absolute Gasteiger partial charge is 0.267 e. The van der Waals surface area contributed by atoms with Gasteiger partial charge in [-0.2, -0.15) is 0 Å². The summed E-state index contributed by atoms with van der Waals surface area (Å²) in [6, 6.07) is 2.18. The van der Waals surface area contributed by atoms with Crippen LogP contribution in [0.25, 0.3) is 0 Å². The van der Waals surface area contributed by atoms with Gasteiger partial charge in [-0.05, 0) is 48.2 Å². The molecule has 0 saturated heterocycles. The van der Waals surface area contributed by atoms with Crippen LogP contribution in [0.3, 0.4) is 0 Å². The Labute approximate surface area is 111 Å². The molecule has 1 aromatic heterocycles. The van der Waals surface area contributed by atoms with Crippen LogP contribution >= 0.6 is 15.9 Å². The van der Waals surface area contributed by atoms with Crippen LogP contribution in [0.4, 0.5) is 0 Å². The Balaban J connectivity index is 1.96. The minimum atomic E-state index is 0.0325. The monoisotopic (exact) mass is 298 g/mol. The van der Waals surface area contributed by atoms with Crippen molar-refractivity contribution in [3.05, 3.63) is 22.4 Å². The Morgan fingerprint density at radius 2 is 2.29 bits per heavy atom. The highest BCUT2D eigenvalue weighted by Gasteiger charge is 2.21. The van der Waals surface area contributed by atoms with Crippen molar-refractivity contribution in [1.29, 1.82) is 0 Å². The van der Waals surface area contributed by atoms with Gasteiger partial charge in [-0.1, -0.05) is 12.8 Å². The van der Waals surface area contributed by atoms with Crippen molar-refractivity contribution in [1.82, 2.24) is 9.88 Å². The number of hydrogen-bond donors (Lipinski definition) is 1. The highest BCUT2D eigenvalue weighted by Crippen LogP contribution is 2.31. The third-order valence-electron chi connectivity index (χ3n) is 3.14. The summed E-state index contributed by atoms with van der Waals surface area (Å²) in [4.78, 5) is 12.0. The molecule has 17 heavy (non-hydrogen) atoms. The first-order valence-corrected chi connectivity index (χ1v) is 7.03. The molecule has 2 rings (SSSR count). The molecular weight excluding hydrogens is 280 g/mol. The largest absolute Gasteiger partial charge is 0.351 e. The van der Waals surface area contributed by atoms with Gasteiger partial charge < -0.3 is 9.88 Å². The lowest BCUT2D eigenvalue weighted by atomic mass is 10.3. The second-order valence-corrected chi connectivity index (χ2v) is 5.95. The second kappa shape index (κ2) is 5.25. The number of nitrogens with zero attached hydrogens (tertiary/aromatic N) is 1. The molecule has 0 atom stereocenters. The minimum absolute atomic E-state index is 0.0325. The van der Waals surface area contributed by atoms with Crippen LogP contribution in [0.2, 0.25) is 0 Å². The van der Waals surface area contributed by atoms with Gasteiger partial charge in [0.2, 0.25) is 0 Å². The van der Waals surface area contributed by atoms with Gasteiger partial charge in [-0.3, -0.25) is 4.79 Å². The molecule has 0 spiro atoms. The van der Waals surface area contributed by atoms with Gasteiger partial charge in [0, 0.05) is 23.3 Å². The topological polar surface area (TPSA) is 34.0 Å². The van der Waals surface area contributed by atoms with E-state index in [1.165, 1.54) is 12.8 Å². The third-order valence-corrected chi connectivity index (χ3v) is 3.57. The Morgan fingerprint density at radius 3 is 2.88 bits per heavy atom. The van der Waals surface area contributed by atoms with Gasteiger partial charge in [0.1, 0.15) is 5.69 Å². The molecule has 0 aliphatic heterocycles. The molecule has 4 heteroatoms. The summed E-state index contributed by atoms with van der Waals surface area (Å²) in [5.41, 5.74) is 0.739. The number of nitrogens with one attached hydrogen (secondary N) is 1. The van der Waals surface area contributed by atoms with E-state index < -0.39 is 0 Å². The van der Waals surface area contributed by atoms with Gasteiger partial charge in [0.25, 0.3) is 5.91 Å². The van der Waals surface area contributed by atoms with E-state index in [0.717, 1.165) is 29.1 Å². The Bertz CT molecular complexity index is 408. The van der Waals surface area contributed by atoms with Crippen LogP contribution in [0.5, 0.6) is 0 Å². The molecule has 0 unspecified atom stereocenters. The molecule has 0 bridgehead atoms.